The van der Waals surface area contributed by atoms with Crippen LogP contribution in [0.15, 0.2) is 124 Å². The quantitative estimate of drug-likeness (QED) is 0.224. The number of fused-ring (bicyclic) bond motifs is 8. The van der Waals surface area contributed by atoms with Crippen molar-refractivity contribution in [1.29, 1.82) is 0 Å². The van der Waals surface area contributed by atoms with Crippen LogP contribution in [0.1, 0.15) is 30.2 Å². The summed E-state index contributed by atoms with van der Waals surface area (Å²) in [5, 5.41) is 6.69. The molecule has 1 atom stereocenters. The molecule has 2 heterocycles. The summed E-state index contributed by atoms with van der Waals surface area (Å²) in [6.07, 6.45) is 2.71. The minimum Gasteiger partial charge on any atom is -0.399 e. The monoisotopic (exact) mass is 539 g/mol. The fraction of sp³-hybridized carbons (Fsp3) is 0.114. The molecule has 0 fully saturated rings. The van der Waals surface area contributed by atoms with E-state index in [4.69, 9.17) is 17.9 Å². The van der Waals surface area contributed by atoms with Gasteiger partial charge in [-0.15, -0.1) is 0 Å². The average Bonchev–Trinajstić information content (AvgIpc) is 3.18. The average molecular weight is 540 g/mol. The molecule has 0 saturated heterocycles. The van der Waals surface area contributed by atoms with Gasteiger partial charge in [0, 0.05) is 16.3 Å². The van der Waals surface area contributed by atoms with Crippen LogP contribution >= 0.6 is 8.24 Å². The summed E-state index contributed by atoms with van der Waals surface area (Å²) in [4.78, 5) is 5.10. The number of pyridine rings is 1. The molecule has 5 heteroatoms. The normalized spacial score (nSPS) is 15.1. The van der Waals surface area contributed by atoms with Gasteiger partial charge in [-0.25, -0.2) is 4.98 Å². The lowest BCUT2D eigenvalue weighted by molar-refractivity contribution is 0.230. The highest BCUT2D eigenvalue weighted by Gasteiger charge is 2.26. The van der Waals surface area contributed by atoms with Crippen LogP contribution in [-0.2, 0) is 6.42 Å². The number of aromatic nitrogens is 1. The SMILES string of the molecule is c1ccc(-c2ccc3c(n2)[C@H](Op2oc4ccc5ccccc5c4c4c(ccc5ccccc54)o2)CCC3)cc1. The molecule has 4 nitrogen and oxygen atoms in total. The van der Waals surface area contributed by atoms with Gasteiger partial charge in [0.1, 0.15) is 17.3 Å². The van der Waals surface area contributed by atoms with E-state index < -0.39 is 8.24 Å². The Kier molecular flexibility index (Phi) is 5.69. The Morgan fingerprint density at radius 3 is 1.95 bits per heavy atom. The van der Waals surface area contributed by atoms with Crippen LogP contribution in [0.25, 0.3) is 54.7 Å². The summed E-state index contributed by atoms with van der Waals surface area (Å²) in [5.41, 5.74) is 5.84. The van der Waals surface area contributed by atoms with Gasteiger partial charge in [0.05, 0.1) is 11.4 Å². The molecule has 1 aliphatic rings. The zero-order valence-electron chi connectivity index (χ0n) is 21.8. The topological polar surface area (TPSA) is 48.4 Å². The van der Waals surface area contributed by atoms with Crippen LogP contribution in [0.3, 0.4) is 0 Å². The predicted octanol–water partition coefficient (Wildman–Crippen LogP) is 10.2. The van der Waals surface area contributed by atoms with Crippen LogP contribution in [-0.4, -0.2) is 4.98 Å². The van der Waals surface area contributed by atoms with E-state index in [1.807, 2.05) is 18.2 Å². The second-order valence-electron chi connectivity index (χ2n) is 10.3. The van der Waals surface area contributed by atoms with E-state index in [2.05, 4.69) is 97.1 Å². The first-order chi connectivity index (χ1) is 19.8. The molecule has 0 saturated carbocycles. The van der Waals surface area contributed by atoms with E-state index in [-0.39, 0.29) is 6.10 Å². The third-order valence-corrected chi connectivity index (χ3v) is 9.01. The first-order valence-corrected chi connectivity index (χ1v) is 14.8. The molecular weight excluding hydrogens is 513 g/mol. The zero-order chi connectivity index (χ0) is 26.5. The molecule has 0 N–H and O–H groups in total. The molecular formula is C35H26NO3P. The number of hydrogen-bond acceptors (Lipinski definition) is 4. The van der Waals surface area contributed by atoms with Crippen molar-refractivity contribution in [2.24, 2.45) is 0 Å². The van der Waals surface area contributed by atoms with E-state index in [0.29, 0.717) is 0 Å². The fourth-order valence-electron chi connectivity index (χ4n) is 5.98. The Balaban J connectivity index is 1.34. The summed E-state index contributed by atoms with van der Waals surface area (Å²) >= 11 is 0. The van der Waals surface area contributed by atoms with Crippen molar-refractivity contribution in [2.75, 3.05) is 0 Å². The van der Waals surface area contributed by atoms with Gasteiger partial charge in [0.2, 0.25) is 0 Å². The molecule has 2 aromatic heterocycles. The lowest BCUT2D eigenvalue weighted by Crippen LogP contribution is -2.16. The molecule has 0 spiro atoms. The van der Waals surface area contributed by atoms with Gasteiger partial charge in [-0.2, -0.15) is 0 Å². The lowest BCUT2D eigenvalue weighted by atomic mass is 9.93. The van der Waals surface area contributed by atoms with E-state index in [1.54, 1.807) is 0 Å². The number of nitrogens with zero attached hydrogens (tertiary/aromatic N) is 1. The van der Waals surface area contributed by atoms with Gasteiger partial charge in [-0.1, -0.05) is 97.1 Å². The molecule has 0 radical (unpaired) electrons. The second kappa shape index (κ2) is 9.67. The van der Waals surface area contributed by atoms with Crippen molar-refractivity contribution in [3.8, 4) is 11.3 Å². The molecule has 1 aliphatic carbocycles. The summed E-state index contributed by atoms with van der Waals surface area (Å²) in [5.74, 6) is 0. The standard InChI is InChI=1S/C35H26NO3P/c1-2-11-25(12-3-1)29-20-17-26-13-8-16-32(35(26)36-29)39-40-37-30-21-18-23-9-4-6-14-27(23)33(30)34-28-15-7-5-10-24(28)19-22-31(34)38-40/h1-7,9-12,14-15,17-22,32H,8,13,16H2/t32-/m1/s1. The molecule has 40 heavy (non-hydrogen) atoms. The van der Waals surface area contributed by atoms with Crippen LogP contribution in [0.4, 0.5) is 0 Å². The highest BCUT2D eigenvalue weighted by molar-refractivity contribution is 7.31. The molecule has 0 bridgehead atoms. The zero-order valence-corrected chi connectivity index (χ0v) is 22.7. The Hall–Kier alpha value is -4.37. The molecule has 5 aromatic carbocycles. The summed E-state index contributed by atoms with van der Waals surface area (Å²) in [6, 6.07) is 39.8. The lowest BCUT2D eigenvalue weighted by Gasteiger charge is -2.23. The predicted molar refractivity (Wildman–Crippen MR) is 163 cm³/mol. The first kappa shape index (κ1) is 23.5. The summed E-state index contributed by atoms with van der Waals surface area (Å²) < 4.78 is 20.0. The number of aryl methyl sites for hydroxylation is 1. The maximum absolute atomic E-state index is 6.73. The van der Waals surface area contributed by atoms with Crippen LogP contribution in [0.5, 0.6) is 0 Å². The van der Waals surface area contributed by atoms with Gasteiger partial charge in [-0.05, 0) is 64.6 Å². The van der Waals surface area contributed by atoms with Crippen LogP contribution in [0.2, 0.25) is 0 Å². The summed E-state index contributed by atoms with van der Waals surface area (Å²) in [6.45, 7) is 0. The van der Waals surface area contributed by atoms with Gasteiger partial charge < -0.3 is 8.39 Å². The molecule has 8 rings (SSSR count). The van der Waals surface area contributed by atoms with Gasteiger partial charge >= 0.3 is 8.24 Å². The highest BCUT2D eigenvalue weighted by Crippen LogP contribution is 2.43. The minimum absolute atomic E-state index is 0.204. The third kappa shape index (κ3) is 4.00. The van der Waals surface area contributed by atoms with Crippen LogP contribution < -0.4 is 4.52 Å². The number of hydrogen-bond donors (Lipinski definition) is 0. The molecule has 0 unspecified atom stereocenters. The maximum atomic E-state index is 6.73. The largest absolute Gasteiger partial charge is 0.399 e. The van der Waals surface area contributed by atoms with Crippen LogP contribution in [0, 0.1) is 0 Å². The van der Waals surface area contributed by atoms with E-state index in [0.717, 1.165) is 79.7 Å². The minimum atomic E-state index is -1.73. The van der Waals surface area contributed by atoms with E-state index in [1.165, 1.54) is 5.56 Å². The van der Waals surface area contributed by atoms with Crippen molar-refractivity contribution < 1.29 is 12.9 Å². The first-order valence-electron chi connectivity index (χ1n) is 13.7. The van der Waals surface area contributed by atoms with E-state index in [9.17, 15) is 0 Å². The fourth-order valence-corrected chi connectivity index (χ4v) is 7.14. The van der Waals surface area contributed by atoms with Gasteiger partial charge in [0.15, 0.2) is 0 Å². The molecule has 0 amide bonds. The Labute approximate surface area is 232 Å². The Bertz CT molecular complexity index is 1990. The molecule has 7 aromatic rings. The summed E-state index contributed by atoms with van der Waals surface area (Å²) in [7, 11) is -1.73. The Morgan fingerprint density at radius 1 is 0.650 bits per heavy atom. The molecule has 0 aliphatic heterocycles. The second-order valence-corrected chi connectivity index (χ2v) is 11.3. The number of benzene rings is 5. The number of rotatable bonds is 3. The molecule has 194 valence electrons. The van der Waals surface area contributed by atoms with Gasteiger partial charge in [0.25, 0.3) is 0 Å². The van der Waals surface area contributed by atoms with Crippen molar-refractivity contribution >= 4 is 51.7 Å². The van der Waals surface area contributed by atoms with Gasteiger partial charge in [-0.3, -0.25) is 4.52 Å². The van der Waals surface area contributed by atoms with Crippen molar-refractivity contribution in [1.82, 2.24) is 4.98 Å². The smallest absolute Gasteiger partial charge is 0.388 e. The Morgan fingerprint density at radius 2 is 1.27 bits per heavy atom. The van der Waals surface area contributed by atoms with Crippen molar-refractivity contribution in [3.63, 3.8) is 0 Å². The maximum Gasteiger partial charge on any atom is 0.388 e. The van der Waals surface area contributed by atoms with Crippen molar-refractivity contribution in [2.45, 2.75) is 25.4 Å². The third-order valence-electron chi connectivity index (χ3n) is 7.89. The van der Waals surface area contributed by atoms with Crippen molar-refractivity contribution in [3.05, 3.63) is 127 Å². The van der Waals surface area contributed by atoms with E-state index >= 15 is 0 Å². The highest BCUT2D eigenvalue weighted by atomic mass is 31.1.